The van der Waals surface area contributed by atoms with Crippen LogP contribution in [0.1, 0.15) is 19.3 Å². The Morgan fingerprint density at radius 3 is 2.89 bits per heavy atom. The number of hydrogen-bond donors (Lipinski definition) is 2. The Labute approximate surface area is 113 Å². The fraction of sp³-hybridized carbons (Fsp3) is 0.571. The quantitative estimate of drug-likeness (QED) is 0.562. The lowest BCUT2D eigenvalue weighted by Crippen LogP contribution is -2.08. The number of anilines is 2. The average molecular weight is 268 g/mol. The molecule has 0 atom stereocenters. The SMILES string of the molecule is COc1cc(NCCCOCC2CC2)c(N)cc1F. The van der Waals surface area contributed by atoms with Gasteiger partial charge in [-0.2, -0.15) is 0 Å². The van der Waals surface area contributed by atoms with Gasteiger partial charge >= 0.3 is 0 Å². The summed E-state index contributed by atoms with van der Waals surface area (Å²) in [6.07, 6.45) is 3.51. The molecule has 0 unspecified atom stereocenters. The summed E-state index contributed by atoms with van der Waals surface area (Å²) >= 11 is 0. The maximum Gasteiger partial charge on any atom is 0.167 e. The highest BCUT2D eigenvalue weighted by molar-refractivity contribution is 5.68. The first-order chi connectivity index (χ1) is 9.20. The van der Waals surface area contributed by atoms with E-state index in [-0.39, 0.29) is 5.75 Å². The van der Waals surface area contributed by atoms with Gasteiger partial charge in [-0.3, -0.25) is 0 Å². The van der Waals surface area contributed by atoms with E-state index in [1.165, 1.54) is 26.0 Å². The predicted octanol–water partition coefficient (Wildman–Crippen LogP) is 2.65. The van der Waals surface area contributed by atoms with Crippen molar-refractivity contribution in [2.45, 2.75) is 19.3 Å². The van der Waals surface area contributed by atoms with Gasteiger partial charge in [0.25, 0.3) is 0 Å². The summed E-state index contributed by atoms with van der Waals surface area (Å²) in [5, 5.41) is 3.17. The molecule has 106 valence electrons. The maximum absolute atomic E-state index is 13.3. The standard InChI is InChI=1S/C14H21FN2O2/c1-18-14-8-13(12(16)7-11(14)15)17-5-2-6-19-9-10-3-4-10/h7-8,10,17H,2-6,9,16H2,1H3. The Kier molecular flexibility index (Phi) is 4.85. The molecule has 19 heavy (non-hydrogen) atoms. The predicted molar refractivity (Wildman–Crippen MR) is 74.0 cm³/mol. The van der Waals surface area contributed by atoms with Gasteiger partial charge in [-0.05, 0) is 25.2 Å². The van der Waals surface area contributed by atoms with Crippen molar-refractivity contribution in [3.63, 3.8) is 0 Å². The van der Waals surface area contributed by atoms with E-state index >= 15 is 0 Å². The zero-order valence-electron chi connectivity index (χ0n) is 11.2. The van der Waals surface area contributed by atoms with Crippen molar-refractivity contribution in [3.8, 4) is 5.75 Å². The minimum Gasteiger partial charge on any atom is -0.494 e. The number of rotatable bonds is 8. The Morgan fingerprint density at radius 1 is 1.42 bits per heavy atom. The summed E-state index contributed by atoms with van der Waals surface area (Å²) < 4.78 is 23.8. The molecule has 2 rings (SSSR count). The molecule has 0 aromatic heterocycles. The van der Waals surface area contributed by atoms with Crippen LogP contribution in [0.25, 0.3) is 0 Å². The van der Waals surface area contributed by atoms with E-state index in [0.29, 0.717) is 11.4 Å². The van der Waals surface area contributed by atoms with Gasteiger partial charge in [0.1, 0.15) is 0 Å². The molecule has 0 heterocycles. The van der Waals surface area contributed by atoms with Gasteiger partial charge in [-0.1, -0.05) is 0 Å². The maximum atomic E-state index is 13.3. The molecular weight excluding hydrogens is 247 g/mol. The zero-order chi connectivity index (χ0) is 13.7. The third-order valence-electron chi connectivity index (χ3n) is 3.16. The molecule has 1 aromatic rings. The third kappa shape index (κ3) is 4.28. The minimum atomic E-state index is -0.446. The number of hydrogen-bond acceptors (Lipinski definition) is 4. The fourth-order valence-corrected chi connectivity index (χ4v) is 1.81. The second-order valence-electron chi connectivity index (χ2n) is 4.87. The van der Waals surface area contributed by atoms with Crippen LogP contribution in [0, 0.1) is 11.7 Å². The molecule has 0 saturated heterocycles. The molecule has 0 bridgehead atoms. The van der Waals surface area contributed by atoms with E-state index in [1.807, 2.05) is 0 Å². The molecule has 0 spiro atoms. The number of methoxy groups -OCH3 is 1. The van der Waals surface area contributed by atoms with Gasteiger partial charge < -0.3 is 20.5 Å². The molecular formula is C14H21FN2O2. The summed E-state index contributed by atoms with van der Waals surface area (Å²) in [5.74, 6) is 0.546. The molecule has 3 N–H and O–H groups in total. The monoisotopic (exact) mass is 268 g/mol. The van der Waals surface area contributed by atoms with Crippen molar-refractivity contribution in [1.29, 1.82) is 0 Å². The second kappa shape index (κ2) is 6.61. The van der Waals surface area contributed by atoms with Crippen LogP contribution >= 0.6 is 0 Å². The molecule has 0 amide bonds. The number of halogens is 1. The summed E-state index contributed by atoms with van der Waals surface area (Å²) in [6, 6.07) is 2.85. The Hall–Kier alpha value is -1.49. The van der Waals surface area contributed by atoms with Crippen LogP contribution in [0.4, 0.5) is 15.8 Å². The second-order valence-corrected chi connectivity index (χ2v) is 4.87. The van der Waals surface area contributed by atoms with E-state index in [1.54, 1.807) is 6.07 Å². The van der Waals surface area contributed by atoms with E-state index in [2.05, 4.69) is 5.32 Å². The van der Waals surface area contributed by atoms with E-state index in [0.717, 1.165) is 32.1 Å². The van der Waals surface area contributed by atoms with Gasteiger partial charge in [0, 0.05) is 31.9 Å². The molecule has 1 saturated carbocycles. The summed E-state index contributed by atoms with van der Waals surface area (Å²) in [4.78, 5) is 0. The topological polar surface area (TPSA) is 56.5 Å². The van der Waals surface area contributed by atoms with Crippen LogP contribution in [0.15, 0.2) is 12.1 Å². The molecule has 0 radical (unpaired) electrons. The van der Waals surface area contributed by atoms with E-state index in [9.17, 15) is 4.39 Å². The smallest absolute Gasteiger partial charge is 0.167 e. The van der Waals surface area contributed by atoms with Crippen molar-refractivity contribution in [2.75, 3.05) is 37.9 Å². The first-order valence-electron chi connectivity index (χ1n) is 6.65. The van der Waals surface area contributed by atoms with E-state index in [4.69, 9.17) is 15.2 Å². The van der Waals surface area contributed by atoms with Crippen molar-refractivity contribution in [3.05, 3.63) is 17.9 Å². The first kappa shape index (κ1) is 13.9. The Balaban J connectivity index is 1.71. The highest BCUT2D eigenvalue weighted by Crippen LogP contribution is 2.29. The number of nitrogen functional groups attached to an aromatic ring is 1. The van der Waals surface area contributed by atoms with Gasteiger partial charge in [-0.15, -0.1) is 0 Å². The molecule has 1 fully saturated rings. The molecule has 1 aliphatic carbocycles. The van der Waals surface area contributed by atoms with Crippen LogP contribution in [0.5, 0.6) is 5.75 Å². The minimum absolute atomic E-state index is 0.196. The Morgan fingerprint density at radius 2 is 2.21 bits per heavy atom. The number of nitrogens with two attached hydrogens (primary N) is 1. The van der Waals surface area contributed by atoms with Gasteiger partial charge in [0.05, 0.1) is 18.5 Å². The van der Waals surface area contributed by atoms with Gasteiger partial charge in [0.2, 0.25) is 0 Å². The van der Waals surface area contributed by atoms with Gasteiger partial charge in [0.15, 0.2) is 11.6 Å². The van der Waals surface area contributed by atoms with Crippen molar-refractivity contribution >= 4 is 11.4 Å². The van der Waals surface area contributed by atoms with Crippen LogP contribution in [-0.4, -0.2) is 26.9 Å². The summed E-state index contributed by atoms with van der Waals surface area (Å²) in [7, 11) is 1.43. The lowest BCUT2D eigenvalue weighted by Gasteiger charge is -2.11. The average Bonchev–Trinajstić information content (AvgIpc) is 3.20. The zero-order valence-corrected chi connectivity index (χ0v) is 11.2. The van der Waals surface area contributed by atoms with Crippen molar-refractivity contribution < 1.29 is 13.9 Å². The fourth-order valence-electron chi connectivity index (χ4n) is 1.81. The summed E-state index contributed by atoms with van der Waals surface area (Å²) in [5.41, 5.74) is 6.83. The molecule has 5 heteroatoms. The van der Waals surface area contributed by atoms with Crippen LogP contribution in [-0.2, 0) is 4.74 Å². The lowest BCUT2D eigenvalue weighted by atomic mass is 10.2. The first-order valence-corrected chi connectivity index (χ1v) is 6.65. The van der Waals surface area contributed by atoms with Crippen molar-refractivity contribution in [1.82, 2.24) is 0 Å². The van der Waals surface area contributed by atoms with Crippen LogP contribution in [0.3, 0.4) is 0 Å². The normalized spacial score (nSPS) is 14.4. The highest BCUT2D eigenvalue weighted by atomic mass is 19.1. The molecule has 4 nitrogen and oxygen atoms in total. The third-order valence-corrected chi connectivity index (χ3v) is 3.16. The lowest BCUT2D eigenvalue weighted by molar-refractivity contribution is 0.124. The summed E-state index contributed by atoms with van der Waals surface area (Å²) in [6.45, 7) is 2.36. The van der Waals surface area contributed by atoms with Crippen LogP contribution < -0.4 is 15.8 Å². The molecule has 0 aliphatic heterocycles. The Bertz CT molecular complexity index is 422. The number of ether oxygens (including phenoxy) is 2. The van der Waals surface area contributed by atoms with Gasteiger partial charge in [-0.25, -0.2) is 4.39 Å². The van der Waals surface area contributed by atoms with Crippen molar-refractivity contribution in [2.24, 2.45) is 5.92 Å². The molecule has 1 aliphatic rings. The number of benzene rings is 1. The molecule has 1 aromatic carbocycles. The van der Waals surface area contributed by atoms with E-state index < -0.39 is 5.82 Å². The highest BCUT2D eigenvalue weighted by Gasteiger charge is 2.20. The number of nitrogens with one attached hydrogen (secondary N) is 1. The largest absolute Gasteiger partial charge is 0.494 e. The van der Waals surface area contributed by atoms with Crippen LogP contribution in [0.2, 0.25) is 0 Å².